The summed E-state index contributed by atoms with van der Waals surface area (Å²) in [5.41, 5.74) is 2.66. The lowest BCUT2D eigenvalue weighted by molar-refractivity contribution is -0.385. The van der Waals surface area contributed by atoms with Crippen LogP contribution < -0.4 is 9.47 Å². The summed E-state index contributed by atoms with van der Waals surface area (Å²) in [6.45, 7) is 0. The quantitative estimate of drug-likeness (QED) is 0.495. The zero-order valence-corrected chi connectivity index (χ0v) is 14.7. The summed E-state index contributed by atoms with van der Waals surface area (Å²) < 4.78 is 11.4. The highest BCUT2D eigenvalue weighted by Gasteiger charge is 2.26. The number of nitro benzene ring substituents is 1. The average Bonchev–Trinajstić information content (AvgIpc) is 3.18. The zero-order chi connectivity index (χ0) is 18.8. The summed E-state index contributed by atoms with van der Waals surface area (Å²) in [5.74, 6) is 1.88. The fraction of sp³-hybridized carbons (Fsp3) is 0.200. The minimum absolute atomic E-state index is 0.0241. The van der Waals surface area contributed by atoms with Gasteiger partial charge in [-0.2, -0.15) is 0 Å². The van der Waals surface area contributed by atoms with E-state index < -0.39 is 4.92 Å². The van der Waals surface area contributed by atoms with Gasteiger partial charge in [-0.25, -0.2) is 9.97 Å². The molecular formula is C20H17N3O4. The maximum absolute atomic E-state index is 11.5. The number of nitro groups is 1. The zero-order valence-electron chi connectivity index (χ0n) is 14.7. The van der Waals surface area contributed by atoms with Crippen LogP contribution in [-0.2, 0) is 12.8 Å². The smallest absolute Gasteiger partial charge is 0.311 e. The van der Waals surface area contributed by atoms with Crippen molar-refractivity contribution in [2.75, 3.05) is 7.11 Å². The molecule has 0 unspecified atom stereocenters. The van der Waals surface area contributed by atoms with E-state index in [1.807, 2.05) is 6.07 Å². The van der Waals surface area contributed by atoms with Crippen molar-refractivity contribution in [1.29, 1.82) is 0 Å². The van der Waals surface area contributed by atoms with E-state index in [1.54, 1.807) is 43.8 Å². The first-order valence-corrected chi connectivity index (χ1v) is 8.60. The Balaban J connectivity index is 1.78. The monoisotopic (exact) mass is 363 g/mol. The summed E-state index contributed by atoms with van der Waals surface area (Å²) in [5, 5.41) is 11.5. The first-order valence-electron chi connectivity index (χ1n) is 8.60. The first-order chi connectivity index (χ1) is 13.2. The van der Waals surface area contributed by atoms with Crippen LogP contribution in [0.3, 0.4) is 0 Å². The SMILES string of the molecule is COc1ccc(Oc2c([N+](=O)[O-])ccc3c2CCC3)cc1-c1ncccn1. The number of rotatable bonds is 5. The van der Waals surface area contributed by atoms with Gasteiger partial charge in [-0.05, 0) is 49.1 Å². The van der Waals surface area contributed by atoms with Crippen LogP contribution in [0.25, 0.3) is 11.4 Å². The highest BCUT2D eigenvalue weighted by atomic mass is 16.6. The molecule has 0 radical (unpaired) electrons. The number of methoxy groups -OCH3 is 1. The van der Waals surface area contributed by atoms with E-state index in [-0.39, 0.29) is 5.69 Å². The molecule has 2 aromatic carbocycles. The maximum Gasteiger partial charge on any atom is 0.311 e. The molecule has 7 nitrogen and oxygen atoms in total. The van der Waals surface area contributed by atoms with Crippen molar-refractivity contribution in [2.45, 2.75) is 19.3 Å². The van der Waals surface area contributed by atoms with Gasteiger partial charge in [0.05, 0.1) is 17.6 Å². The second kappa shape index (κ2) is 7.03. The lowest BCUT2D eigenvalue weighted by Crippen LogP contribution is -1.99. The molecule has 0 saturated carbocycles. The molecule has 1 aliphatic carbocycles. The minimum Gasteiger partial charge on any atom is -0.496 e. The van der Waals surface area contributed by atoms with Crippen molar-refractivity contribution in [1.82, 2.24) is 9.97 Å². The van der Waals surface area contributed by atoms with Crippen molar-refractivity contribution in [3.05, 3.63) is 70.0 Å². The fourth-order valence-corrected chi connectivity index (χ4v) is 3.36. The Bertz CT molecular complexity index is 1010. The molecule has 0 N–H and O–H groups in total. The van der Waals surface area contributed by atoms with Gasteiger partial charge >= 0.3 is 5.69 Å². The van der Waals surface area contributed by atoms with Crippen LogP contribution in [0.4, 0.5) is 5.69 Å². The third-order valence-corrected chi connectivity index (χ3v) is 4.60. The van der Waals surface area contributed by atoms with Crippen molar-refractivity contribution in [3.8, 4) is 28.6 Å². The third kappa shape index (κ3) is 3.19. The molecule has 1 aliphatic rings. The highest BCUT2D eigenvalue weighted by Crippen LogP contribution is 2.42. The van der Waals surface area contributed by atoms with E-state index in [1.165, 1.54) is 6.07 Å². The Hall–Kier alpha value is -3.48. The minimum atomic E-state index is -0.404. The van der Waals surface area contributed by atoms with Crippen LogP contribution >= 0.6 is 0 Å². The topological polar surface area (TPSA) is 87.4 Å². The standard InChI is InChI=1S/C20H17N3O4/c1-26-18-9-7-14(12-16(18)20-21-10-3-11-22-20)27-19-15-5-2-4-13(15)6-8-17(19)23(24)25/h3,6-12H,2,4-5H2,1H3. The molecule has 4 rings (SSSR count). The summed E-state index contributed by atoms with van der Waals surface area (Å²) in [7, 11) is 1.57. The van der Waals surface area contributed by atoms with Gasteiger partial charge < -0.3 is 9.47 Å². The molecule has 1 heterocycles. The Morgan fingerprint density at radius 2 is 1.93 bits per heavy atom. The van der Waals surface area contributed by atoms with Crippen LogP contribution in [0.5, 0.6) is 17.2 Å². The Morgan fingerprint density at radius 3 is 2.67 bits per heavy atom. The lowest BCUT2D eigenvalue weighted by atomic mass is 10.1. The number of aromatic nitrogens is 2. The molecule has 0 saturated heterocycles. The van der Waals surface area contributed by atoms with Crippen LogP contribution in [0.15, 0.2) is 48.8 Å². The van der Waals surface area contributed by atoms with Crippen molar-refractivity contribution in [2.24, 2.45) is 0 Å². The molecule has 0 amide bonds. The molecule has 7 heteroatoms. The van der Waals surface area contributed by atoms with Gasteiger partial charge in [-0.15, -0.1) is 0 Å². The predicted molar refractivity (Wildman–Crippen MR) is 99.2 cm³/mol. The summed E-state index contributed by atoms with van der Waals surface area (Å²) in [4.78, 5) is 19.6. The summed E-state index contributed by atoms with van der Waals surface area (Å²) in [6.07, 6.45) is 5.94. The van der Waals surface area contributed by atoms with E-state index in [4.69, 9.17) is 9.47 Å². The van der Waals surface area contributed by atoms with E-state index in [0.717, 1.165) is 30.4 Å². The van der Waals surface area contributed by atoms with Crippen molar-refractivity contribution in [3.63, 3.8) is 0 Å². The largest absolute Gasteiger partial charge is 0.496 e. The second-order valence-electron chi connectivity index (χ2n) is 6.20. The molecule has 3 aromatic rings. The first kappa shape index (κ1) is 17.0. The molecule has 0 fully saturated rings. The number of ether oxygens (including phenoxy) is 2. The number of fused-ring (bicyclic) bond motifs is 1. The molecular weight excluding hydrogens is 346 g/mol. The predicted octanol–water partition coefficient (Wildman–Crippen LogP) is 4.34. The average molecular weight is 363 g/mol. The van der Waals surface area contributed by atoms with E-state index in [9.17, 15) is 10.1 Å². The third-order valence-electron chi connectivity index (χ3n) is 4.60. The summed E-state index contributed by atoms with van der Waals surface area (Å²) in [6, 6.07) is 10.3. The molecule has 0 aliphatic heterocycles. The molecule has 27 heavy (non-hydrogen) atoms. The Morgan fingerprint density at radius 1 is 1.11 bits per heavy atom. The second-order valence-corrected chi connectivity index (χ2v) is 6.20. The van der Waals surface area contributed by atoms with Gasteiger partial charge in [0.25, 0.3) is 0 Å². The number of aryl methyl sites for hydroxylation is 1. The fourth-order valence-electron chi connectivity index (χ4n) is 3.36. The molecule has 136 valence electrons. The van der Waals surface area contributed by atoms with E-state index >= 15 is 0 Å². The van der Waals surface area contributed by atoms with Crippen molar-refractivity contribution < 1.29 is 14.4 Å². The van der Waals surface area contributed by atoms with Gasteiger partial charge in [-0.3, -0.25) is 10.1 Å². The molecule has 0 spiro atoms. The van der Waals surface area contributed by atoms with Gasteiger partial charge in [0, 0.05) is 24.0 Å². The number of hydrogen-bond donors (Lipinski definition) is 0. The van der Waals surface area contributed by atoms with Crippen LogP contribution in [0, 0.1) is 10.1 Å². The normalized spacial score (nSPS) is 12.5. The molecule has 0 atom stereocenters. The van der Waals surface area contributed by atoms with Crippen molar-refractivity contribution >= 4 is 5.69 Å². The molecule has 1 aromatic heterocycles. The molecule has 0 bridgehead atoms. The van der Waals surface area contributed by atoms with Gasteiger partial charge in [0.2, 0.25) is 5.75 Å². The van der Waals surface area contributed by atoms with Gasteiger partial charge in [0.15, 0.2) is 5.82 Å². The number of hydrogen-bond acceptors (Lipinski definition) is 6. The maximum atomic E-state index is 11.5. The van der Waals surface area contributed by atoms with E-state index in [2.05, 4.69) is 9.97 Å². The van der Waals surface area contributed by atoms with Crippen LogP contribution in [0.1, 0.15) is 17.5 Å². The van der Waals surface area contributed by atoms with Crippen LogP contribution in [-0.4, -0.2) is 22.0 Å². The lowest BCUT2D eigenvalue weighted by Gasteiger charge is -2.13. The summed E-state index contributed by atoms with van der Waals surface area (Å²) >= 11 is 0. The Kier molecular flexibility index (Phi) is 4.42. The Labute approximate surface area is 155 Å². The van der Waals surface area contributed by atoms with E-state index in [0.29, 0.717) is 28.6 Å². The number of benzene rings is 2. The number of nitrogens with zero attached hydrogens (tertiary/aromatic N) is 3. The highest BCUT2D eigenvalue weighted by molar-refractivity contribution is 5.67. The van der Waals surface area contributed by atoms with Crippen LogP contribution in [0.2, 0.25) is 0 Å². The van der Waals surface area contributed by atoms with Gasteiger partial charge in [0.1, 0.15) is 11.5 Å². The van der Waals surface area contributed by atoms with Gasteiger partial charge in [-0.1, -0.05) is 6.07 Å².